The summed E-state index contributed by atoms with van der Waals surface area (Å²) in [6.07, 6.45) is 3.44. The molecule has 1 amide bonds. The first-order valence-corrected chi connectivity index (χ1v) is 11.5. The van der Waals surface area contributed by atoms with Crippen LogP contribution < -0.4 is 4.74 Å². The fourth-order valence-electron chi connectivity index (χ4n) is 3.31. The molecule has 0 saturated heterocycles. The molecule has 33 heavy (non-hydrogen) atoms. The third-order valence-corrected chi connectivity index (χ3v) is 6.11. The van der Waals surface area contributed by atoms with E-state index in [4.69, 9.17) is 4.74 Å². The molecule has 0 aliphatic rings. The lowest BCUT2D eigenvalue weighted by Gasteiger charge is -2.17. The van der Waals surface area contributed by atoms with Crippen molar-refractivity contribution in [2.75, 3.05) is 19.9 Å². The predicted molar refractivity (Wildman–Crippen MR) is 130 cm³/mol. The van der Waals surface area contributed by atoms with Gasteiger partial charge in [-0.1, -0.05) is 41.6 Å². The van der Waals surface area contributed by atoms with Crippen LogP contribution in [0.4, 0.5) is 0 Å². The largest absolute Gasteiger partial charge is 0.497 e. The van der Waals surface area contributed by atoms with Crippen molar-refractivity contribution >= 4 is 17.7 Å². The Hall–Kier alpha value is -3.65. The second kappa shape index (κ2) is 10.3. The van der Waals surface area contributed by atoms with Crippen LogP contribution in [0.1, 0.15) is 11.1 Å². The van der Waals surface area contributed by atoms with Crippen molar-refractivity contribution in [2.24, 2.45) is 0 Å². The van der Waals surface area contributed by atoms with Crippen LogP contribution >= 0.6 is 11.8 Å². The molecule has 0 N–H and O–H groups in total. The van der Waals surface area contributed by atoms with Gasteiger partial charge < -0.3 is 9.64 Å². The Bertz CT molecular complexity index is 1210. The zero-order chi connectivity index (χ0) is 23.2. The van der Waals surface area contributed by atoms with Crippen LogP contribution in [-0.2, 0) is 11.3 Å². The molecule has 2 aromatic heterocycles. The van der Waals surface area contributed by atoms with E-state index in [2.05, 4.69) is 34.2 Å². The quantitative estimate of drug-likeness (QED) is 0.364. The minimum absolute atomic E-state index is 0.0234. The zero-order valence-corrected chi connectivity index (χ0v) is 19.6. The maximum absolute atomic E-state index is 12.8. The number of carbonyl (C=O) groups is 1. The second-order valence-electron chi connectivity index (χ2n) is 7.60. The summed E-state index contributed by atoms with van der Waals surface area (Å²) in [5.74, 6) is 1.73. The van der Waals surface area contributed by atoms with Crippen molar-refractivity contribution in [3.05, 3.63) is 84.2 Å². The fourth-order valence-corrected chi connectivity index (χ4v) is 4.20. The molecule has 0 bridgehead atoms. The molecule has 4 aromatic rings. The van der Waals surface area contributed by atoms with Crippen molar-refractivity contribution < 1.29 is 9.53 Å². The maximum Gasteiger partial charge on any atom is 0.233 e. The number of aromatic nitrogens is 4. The molecule has 0 radical (unpaired) electrons. The summed E-state index contributed by atoms with van der Waals surface area (Å²) in [4.78, 5) is 18.6. The highest BCUT2D eigenvalue weighted by Crippen LogP contribution is 2.28. The van der Waals surface area contributed by atoms with Crippen LogP contribution in [-0.4, -0.2) is 50.5 Å². The predicted octanol–water partition coefficient (Wildman–Crippen LogP) is 4.40. The fraction of sp³-hybridized carbons (Fsp3) is 0.200. The number of rotatable bonds is 8. The van der Waals surface area contributed by atoms with E-state index >= 15 is 0 Å². The molecule has 0 saturated carbocycles. The lowest BCUT2D eigenvalue weighted by Crippen LogP contribution is -2.27. The zero-order valence-electron chi connectivity index (χ0n) is 18.8. The van der Waals surface area contributed by atoms with Crippen LogP contribution in [0.15, 0.2) is 78.2 Å². The van der Waals surface area contributed by atoms with Gasteiger partial charge in [0.2, 0.25) is 5.91 Å². The van der Waals surface area contributed by atoms with Gasteiger partial charge >= 0.3 is 0 Å². The summed E-state index contributed by atoms with van der Waals surface area (Å²) in [5.41, 5.74) is 4.08. The molecule has 7 nitrogen and oxygen atoms in total. The molecule has 8 heteroatoms. The smallest absolute Gasteiger partial charge is 0.233 e. The molecular weight excluding hydrogens is 434 g/mol. The first kappa shape index (κ1) is 22.5. The molecule has 2 heterocycles. The average molecular weight is 460 g/mol. The molecule has 168 valence electrons. The summed E-state index contributed by atoms with van der Waals surface area (Å²) in [6.45, 7) is 2.61. The van der Waals surface area contributed by atoms with Crippen molar-refractivity contribution in [2.45, 2.75) is 18.6 Å². The minimum atomic E-state index is 0.0234. The summed E-state index contributed by atoms with van der Waals surface area (Å²) >= 11 is 1.37. The van der Waals surface area contributed by atoms with Crippen LogP contribution in [0.25, 0.3) is 17.1 Å². The molecule has 0 spiro atoms. The van der Waals surface area contributed by atoms with E-state index in [0.717, 1.165) is 22.6 Å². The van der Waals surface area contributed by atoms with Crippen molar-refractivity contribution in [1.29, 1.82) is 0 Å². The average Bonchev–Trinajstić information content (AvgIpc) is 3.28. The van der Waals surface area contributed by atoms with Gasteiger partial charge in [0.25, 0.3) is 0 Å². The molecule has 2 aromatic carbocycles. The Morgan fingerprint density at radius 2 is 1.70 bits per heavy atom. The standard InChI is InChI=1S/C25H25N5O2S/c1-18-4-6-19(7-5-18)16-29(2)23(31)17-33-25-28-27-24(20-12-14-26-15-13-20)30(25)21-8-10-22(32-3)11-9-21/h4-15H,16-17H2,1-3H3. The first-order chi connectivity index (χ1) is 16.0. The normalized spacial score (nSPS) is 10.8. The first-order valence-electron chi connectivity index (χ1n) is 10.5. The number of hydrogen-bond acceptors (Lipinski definition) is 6. The van der Waals surface area contributed by atoms with E-state index in [1.807, 2.05) is 60.1 Å². The van der Waals surface area contributed by atoms with E-state index in [1.165, 1.54) is 17.3 Å². The van der Waals surface area contributed by atoms with E-state index < -0.39 is 0 Å². The summed E-state index contributed by atoms with van der Waals surface area (Å²) in [5, 5.41) is 9.44. The van der Waals surface area contributed by atoms with Gasteiger partial charge in [0, 0.05) is 37.2 Å². The van der Waals surface area contributed by atoms with Gasteiger partial charge in [-0.25, -0.2) is 0 Å². The van der Waals surface area contributed by atoms with Gasteiger partial charge in [0.15, 0.2) is 11.0 Å². The minimum Gasteiger partial charge on any atom is -0.497 e. The number of nitrogens with zero attached hydrogens (tertiary/aromatic N) is 5. The summed E-state index contributed by atoms with van der Waals surface area (Å²) < 4.78 is 7.24. The van der Waals surface area contributed by atoms with Gasteiger partial charge in [-0.05, 0) is 48.9 Å². The van der Waals surface area contributed by atoms with E-state index in [1.54, 1.807) is 24.4 Å². The SMILES string of the molecule is COc1ccc(-n2c(SCC(=O)N(C)Cc3ccc(C)cc3)nnc2-c2ccncc2)cc1. The highest BCUT2D eigenvalue weighted by molar-refractivity contribution is 7.99. The molecular formula is C25H25N5O2S. The Labute approximate surface area is 197 Å². The number of ether oxygens (including phenoxy) is 1. The molecule has 4 rings (SSSR count). The van der Waals surface area contributed by atoms with Crippen molar-refractivity contribution in [3.63, 3.8) is 0 Å². The number of hydrogen-bond donors (Lipinski definition) is 0. The highest BCUT2D eigenvalue weighted by atomic mass is 32.2. The van der Waals surface area contributed by atoms with E-state index in [0.29, 0.717) is 17.5 Å². The van der Waals surface area contributed by atoms with E-state index in [9.17, 15) is 4.79 Å². The molecule has 0 atom stereocenters. The Morgan fingerprint density at radius 3 is 2.36 bits per heavy atom. The Morgan fingerprint density at radius 1 is 1.00 bits per heavy atom. The van der Waals surface area contributed by atoms with Crippen LogP contribution in [0.3, 0.4) is 0 Å². The van der Waals surface area contributed by atoms with Crippen molar-refractivity contribution in [1.82, 2.24) is 24.6 Å². The number of amides is 1. The molecule has 0 aliphatic heterocycles. The number of pyridine rings is 1. The van der Waals surface area contributed by atoms with Gasteiger partial charge in [0.05, 0.1) is 12.9 Å². The highest BCUT2D eigenvalue weighted by Gasteiger charge is 2.18. The number of methoxy groups -OCH3 is 1. The third-order valence-electron chi connectivity index (χ3n) is 5.19. The topological polar surface area (TPSA) is 73.1 Å². The Kier molecular flexibility index (Phi) is 7.04. The lowest BCUT2D eigenvalue weighted by molar-refractivity contribution is -0.127. The summed E-state index contributed by atoms with van der Waals surface area (Å²) in [7, 11) is 3.45. The lowest BCUT2D eigenvalue weighted by atomic mass is 10.1. The monoisotopic (exact) mass is 459 g/mol. The second-order valence-corrected chi connectivity index (χ2v) is 8.54. The van der Waals surface area contributed by atoms with Crippen molar-refractivity contribution in [3.8, 4) is 22.8 Å². The maximum atomic E-state index is 12.8. The van der Waals surface area contributed by atoms with Crippen LogP contribution in [0, 0.1) is 6.92 Å². The number of benzene rings is 2. The van der Waals surface area contributed by atoms with Gasteiger partial charge in [0.1, 0.15) is 5.75 Å². The number of aryl methyl sites for hydroxylation is 1. The third kappa shape index (κ3) is 5.40. The van der Waals surface area contributed by atoms with Gasteiger partial charge in [-0.15, -0.1) is 10.2 Å². The van der Waals surface area contributed by atoms with E-state index in [-0.39, 0.29) is 11.7 Å². The van der Waals surface area contributed by atoms with Gasteiger partial charge in [-0.2, -0.15) is 0 Å². The molecule has 0 unspecified atom stereocenters. The van der Waals surface area contributed by atoms with Crippen LogP contribution in [0.5, 0.6) is 5.75 Å². The molecule has 0 fully saturated rings. The number of thioether (sulfide) groups is 1. The summed E-state index contributed by atoms with van der Waals surface area (Å²) in [6, 6.07) is 19.7. The number of carbonyl (C=O) groups excluding carboxylic acids is 1. The molecule has 0 aliphatic carbocycles. The Balaban J connectivity index is 1.55. The van der Waals surface area contributed by atoms with Gasteiger partial charge in [-0.3, -0.25) is 14.3 Å². The van der Waals surface area contributed by atoms with Crippen LogP contribution in [0.2, 0.25) is 0 Å².